The molecule has 4 rings (SSSR count). The molecule has 0 unspecified atom stereocenters. The van der Waals surface area contributed by atoms with Crippen LogP contribution in [-0.4, -0.2) is 46.7 Å². The van der Waals surface area contributed by atoms with E-state index in [-0.39, 0.29) is 11.7 Å². The van der Waals surface area contributed by atoms with Crippen LogP contribution in [0, 0.1) is 0 Å². The maximum Gasteiger partial charge on any atom is 0.326 e. The Bertz CT molecular complexity index is 723. The number of nitrogens with one attached hydrogen (secondary N) is 2. The number of hydrogen-bond acceptors (Lipinski definition) is 3. The molecule has 5 nitrogen and oxygen atoms in total. The molecule has 0 aliphatic carbocycles. The number of imidazole rings is 1. The summed E-state index contributed by atoms with van der Waals surface area (Å²) in [4.78, 5) is 17.8. The van der Waals surface area contributed by atoms with Crippen molar-refractivity contribution in [2.24, 2.45) is 0 Å². The van der Waals surface area contributed by atoms with Gasteiger partial charge in [0.1, 0.15) is 0 Å². The second-order valence-electron chi connectivity index (χ2n) is 6.38. The van der Waals surface area contributed by atoms with E-state index in [1.54, 1.807) is 0 Å². The summed E-state index contributed by atoms with van der Waals surface area (Å²) in [5, 5.41) is 4.11. The highest BCUT2D eigenvalue weighted by Crippen LogP contribution is 2.27. The summed E-state index contributed by atoms with van der Waals surface area (Å²) in [5.41, 5.74) is 1.79. The second-order valence-corrected chi connectivity index (χ2v) is 6.81. The van der Waals surface area contributed by atoms with E-state index in [2.05, 4.69) is 15.2 Å². The summed E-state index contributed by atoms with van der Waals surface area (Å²) < 4.78 is 1.91. The molecule has 0 bridgehead atoms. The average Bonchev–Trinajstić information content (AvgIpc) is 3.14. The molecule has 6 heteroatoms. The molecular weight excluding hydrogens is 300 g/mol. The van der Waals surface area contributed by atoms with Crippen LogP contribution in [0.3, 0.4) is 0 Å². The van der Waals surface area contributed by atoms with E-state index in [1.807, 2.05) is 22.8 Å². The molecule has 1 atom stereocenters. The molecule has 118 valence electrons. The lowest BCUT2D eigenvalue weighted by atomic mass is 10.0. The number of nitrogens with zero attached hydrogens (tertiary/aromatic N) is 2. The normalized spacial score (nSPS) is 24.3. The Morgan fingerprint density at radius 3 is 2.68 bits per heavy atom. The fourth-order valence-electron chi connectivity index (χ4n) is 3.92. The van der Waals surface area contributed by atoms with Crippen LogP contribution in [-0.2, 0) is 0 Å². The number of aromatic amines is 1. The van der Waals surface area contributed by atoms with Gasteiger partial charge in [0.2, 0.25) is 0 Å². The minimum atomic E-state index is -0.0155. The van der Waals surface area contributed by atoms with Crippen molar-refractivity contribution in [3.05, 3.63) is 33.7 Å². The SMILES string of the molecule is O=c1[nH]c2ccc(Cl)cc2n1C1CCN([C@H]2CCNC2)CC1. The Morgan fingerprint density at radius 1 is 1.14 bits per heavy atom. The largest absolute Gasteiger partial charge is 0.326 e. The topological polar surface area (TPSA) is 53.1 Å². The van der Waals surface area contributed by atoms with Crippen molar-refractivity contribution in [2.45, 2.75) is 31.3 Å². The molecule has 0 saturated carbocycles. The molecule has 0 radical (unpaired) electrons. The summed E-state index contributed by atoms with van der Waals surface area (Å²) in [6.07, 6.45) is 3.29. The Hall–Kier alpha value is -1.30. The lowest BCUT2D eigenvalue weighted by molar-refractivity contribution is 0.143. The minimum Gasteiger partial charge on any atom is -0.315 e. The Kier molecular flexibility index (Phi) is 3.72. The van der Waals surface area contributed by atoms with Crippen LogP contribution in [0.5, 0.6) is 0 Å². The first kappa shape index (κ1) is 14.3. The van der Waals surface area contributed by atoms with Crippen LogP contribution in [0.4, 0.5) is 0 Å². The Morgan fingerprint density at radius 2 is 1.95 bits per heavy atom. The fourth-order valence-corrected chi connectivity index (χ4v) is 4.08. The fraction of sp³-hybridized carbons (Fsp3) is 0.562. The maximum atomic E-state index is 12.3. The predicted molar refractivity (Wildman–Crippen MR) is 88.7 cm³/mol. The van der Waals surface area contributed by atoms with Crippen LogP contribution in [0.1, 0.15) is 25.3 Å². The van der Waals surface area contributed by atoms with E-state index < -0.39 is 0 Å². The van der Waals surface area contributed by atoms with E-state index in [9.17, 15) is 4.79 Å². The minimum absolute atomic E-state index is 0.0155. The molecule has 2 N–H and O–H groups in total. The highest BCUT2D eigenvalue weighted by molar-refractivity contribution is 6.31. The van der Waals surface area contributed by atoms with Gasteiger partial charge in [0.15, 0.2) is 0 Å². The van der Waals surface area contributed by atoms with Crippen molar-refractivity contribution < 1.29 is 0 Å². The monoisotopic (exact) mass is 320 g/mol. The van der Waals surface area contributed by atoms with Crippen molar-refractivity contribution in [3.63, 3.8) is 0 Å². The number of likely N-dealkylation sites (tertiary alicyclic amines) is 1. The van der Waals surface area contributed by atoms with Crippen molar-refractivity contribution in [1.82, 2.24) is 19.8 Å². The van der Waals surface area contributed by atoms with Gasteiger partial charge < -0.3 is 10.3 Å². The molecule has 2 aliphatic rings. The van der Waals surface area contributed by atoms with Crippen molar-refractivity contribution >= 4 is 22.6 Å². The molecule has 1 aromatic carbocycles. The van der Waals surface area contributed by atoms with E-state index in [4.69, 9.17) is 11.6 Å². The summed E-state index contributed by atoms with van der Waals surface area (Å²) in [6, 6.07) is 6.54. The van der Waals surface area contributed by atoms with Crippen molar-refractivity contribution in [3.8, 4) is 0 Å². The zero-order chi connectivity index (χ0) is 15.1. The average molecular weight is 321 g/mol. The molecule has 22 heavy (non-hydrogen) atoms. The summed E-state index contributed by atoms with van der Waals surface area (Å²) in [7, 11) is 0. The smallest absolute Gasteiger partial charge is 0.315 e. The van der Waals surface area contributed by atoms with Crippen LogP contribution in [0.2, 0.25) is 5.02 Å². The van der Waals surface area contributed by atoms with E-state index in [0.29, 0.717) is 11.1 Å². The molecule has 2 saturated heterocycles. The van der Waals surface area contributed by atoms with Gasteiger partial charge in [0, 0.05) is 36.7 Å². The number of benzene rings is 1. The van der Waals surface area contributed by atoms with Crippen LogP contribution in [0.15, 0.2) is 23.0 Å². The Labute approximate surface area is 134 Å². The summed E-state index contributed by atoms with van der Waals surface area (Å²) in [5.74, 6) is 0. The molecule has 0 amide bonds. The maximum absolute atomic E-state index is 12.3. The number of H-pyrrole nitrogens is 1. The number of piperidine rings is 1. The van der Waals surface area contributed by atoms with Gasteiger partial charge in [-0.05, 0) is 44.0 Å². The van der Waals surface area contributed by atoms with Gasteiger partial charge in [-0.2, -0.15) is 0 Å². The number of aromatic nitrogens is 2. The second kappa shape index (κ2) is 5.72. The molecule has 3 heterocycles. The lowest BCUT2D eigenvalue weighted by Crippen LogP contribution is -2.43. The first-order chi connectivity index (χ1) is 10.7. The molecule has 2 aromatic rings. The van der Waals surface area contributed by atoms with Gasteiger partial charge in [0.25, 0.3) is 0 Å². The van der Waals surface area contributed by atoms with E-state index >= 15 is 0 Å². The highest BCUT2D eigenvalue weighted by atomic mass is 35.5. The zero-order valence-corrected chi connectivity index (χ0v) is 13.3. The van der Waals surface area contributed by atoms with Crippen LogP contribution in [0.25, 0.3) is 11.0 Å². The molecule has 2 fully saturated rings. The number of hydrogen-bond donors (Lipinski definition) is 2. The van der Waals surface area contributed by atoms with Gasteiger partial charge in [0.05, 0.1) is 11.0 Å². The predicted octanol–water partition coefficient (Wildman–Crippen LogP) is 1.98. The summed E-state index contributed by atoms with van der Waals surface area (Å²) >= 11 is 6.10. The standard InChI is InChI=1S/C16H21ClN4O/c17-11-1-2-14-15(9-11)21(16(22)19-14)12-4-7-20(8-5-12)13-3-6-18-10-13/h1-2,9,12-13,18H,3-8,10H2,(H,19,22)/t13-/m0/s1. The van der Waals surface area contributed by atoms with Gasteiger partial charge in [-0.3, -0.25) is 9.47 Å². The lowest BCUT2D eigenvalue weighted by Gasteiger charge is -2.36. The molecular formula is C16H21ClN4O. The summed E-state index contributed by atoms with van der Waals surface area (Å²) in [6.45, 7) is 4.37. The van der Waals surface area contributed by atoms with Crippen molar-refractivity contribution in [1.29, 1.82) is 0 Å². The third-order valence-electron chi connectivity index (χ3n) is 5.09. The number of rotatable bonds is 2. The third kappa shape index (κ3) is 2.47. The van der Waals surface area contributed by atoms with E-state index in [1.165, 1.54) is 6.42 Å². The van der Waals surface area contributed by atoms with Gasteiger partial charge in [-0.1, -0.05) is 11.6 Å². The first-order valence-electron chi connectivity index (χ1n) is 8.07. The Balaban J connectivity index is 1.57. The third-order valence-corrected chi connectivity index (χ3v) is 5.33. The first-order valence-corrected chi connectivity index (χ1v) is 8.45. The highest BCUT2D eigenvalue weighted by Gasteiger charge is 2.28. The van der Waals surface area contributed by atoms with Gasteiger partial charge in [-0.15, -0.1) is 0 Å². The molecule has 2 aliphatic heterocycles. The molecule has 0 spiro atoms. The van der Waals surface area contributed by atoms with Crippen molar-refractivity contribution in [2.75, 3.05) is 26.2 Å². The number of halogens is 1. The van der Waals surface area contributed by atoms with Crippen LogP contribution < -0.4 is 11.0 Å². The van der Waals surface area contributed by atoms with Gasteiger partial charge >= 0.3 is 5.69 Å². The van der Waals surface area contributed by atoms with Gasteiger partial charge in [-0.25, -0.2) is 4.79 Å². The van der Waals surface area contributed by atoms with E-state index in [0.717, 1.165) is 50.1 Å². The van der Waals surface area contributed by atoms with Crippen LogP contribution >= 0.6 is 11.6 Å². The molecule has 1 aromatic heterocycles. The quantitative estimate of drug-likeness (QED) is 0.889. The number of fused-ring (bicyclic) bond motifs is 1. The zero-order valence-electron chi connectivity index (χ0n) is 12.5.